The molecule has 2 heteroatoms. The summed E-state index contributed by atoms with van der Waals surface area (Å²) in [5, 5.41) is 0. The fraction of sp³-hybridized carbons (Fsp3) is 0.950. The van der Waals surface area contributed by atoms with Gasteiger partial charge in [-0.25, -0.2) is 0 Å². The van der Waals surface area contributed by atoms with Gasteiger partial charge < -0.3 is 4.74 Å². The van der Waals surface area contributed by atoms with Gasteiger partial charge >= 0.3 is 5.97 Å². The van der Waals surface area contributed by atoms with Gasteiger partial charge in [0.15, 0.2) is 0 Å². The van der Waals surface area contributed by atoms with E-state index in [1.807, 2.05) is 0 Å². The molecule has 0 aliphatic carbocycles. The maximum Gasteiger partial charge on any atom is 0.312 e. The Labute approximate surface area is 139 Å². The Bertz CT molecular complexity index is 307. The normalized spacial score (nSPS) is 16.1. The molecule has 0 spiro atoms. The van der Waals surface area contributed by atoms with Crippen molar-refractivity contribution in [3.8, 4) is 0 Å². The minimum absolute atomic E-state index is 0.0523. The van der Waals surface area contributed by atoms with Crippen molar-refractivity contribution >= 4 is 5.97 Å². The maximum absolute atomic E-state index is 13.0. The molecule has 0 aromatic heterocycles. The Hall–Kier alpha value is -0.530. The fourth-order valence-electron chi connectivity index (χ4n) is 3.65. The third-order valence-electron chi connectivity index (χ3n) is 4.53. The van der Waals surface area contributed by atoms with Crippen molar-refractivity contribution in [3.05, 3.63) is 0 Å². The van der Waals surface area contributed by atoms with Crippen LogP contribution in [0.5, 0.6) is 0 Å². The van der Waals surface area contributed by atoms with E-state index < -0.39 is 0 Å². The largest absolute Gasteiger partial charge is 0.465 e. The van der Waals surface area contributed by atoms with Gasteiger partial charge in [-0.2, -0.15) is 0 Å². The van der Waals surface area contributed by atoms with E-state index >= 15 is 0 Å². The molecule has 2 nitrogen and oxygen atoms in total. The smallest absolute Gasteiger partial charge is 0.312 e. The van der Waals surface area contributed by atoms with Gasteiger partial charge in [0.05, 0.1) is 12.0 Å². The van der Waals surface area contributed by atoms with E-state index in [-0.39, 0.29) is 11.4 Å². The van der Waals surface area contributed by atoms with E-state index in [2.05, 4.69) is 55.4 Å². The second kappa shape index (κ2) is 10.3. The average Bonchev–Trinajstić information content (AvgIpc) is 2.40. The summed E-state index contributed by atoms with van der Waals surface area (Å²) in [5.74, 6) is 2.01. The quantitative estimate of drug-likeness (QED) is 0.431. The van der Waals surface area contributed by atoms with E-state index in [9.17, 15) is 4.79 Å². The van der Waals surface area contributed by atoms with Crippen LogP contribution in [0, 0.1) is 29.1 Å². The van der Waals surface area contributed by atoms with Crippen molar-refractivity contribution in [2.75, 3.05) is 6.61 Å². The standard InChI is InChI=1S/C20H40O2/c1-9-11-18(12-15(3)4)20(10-2,13-16(5)6)19(21)22-14-17(7)8/h15-18H,9-14H2,1-8H3. The lowest BCUT2D eigenvalue weighted by Crippen LogP contribution is -2.42. The van der Waals surface area contributed by atoms with Crippen LogP contribution in [-0.2, 0) is 9.53 Å². The van der Waals surface area contributed by atoms with Gasteiger partial charge in [0.1, 0.15) is 0 Å². The zero-order valence-electron chi connectivity index (χ0n) is 16.4. The Morgan fingerprint density at radius 1 is 0.955 bits per heavy atom. The lowest BCUT2D eigenvalue weighted by molar-refractivity contribution is -0.163. The summed E-state index contributed by atoms with van der Waals surface area (Å²) >= 11 is 0. The van der Waals surface area contributed by atoms with E-state index in [0.717, 1.165) is 32.1 Å². The lowest BCUT2D eigenvalue weighted by Gasteiger charge is -2.40. The van der Waals surface area contributed by atoms with Gasteiger partial charge in [0, 0.05) is 0 Å². The Morgan fingerprint density at radius 3 is 1.91 bits per heavy atom. The predicted molar refractivity (Wildman–Crippen MR) is 95.8 cm³/mol. The molecule has 0 radical (unpaired) electrons. The Balaban J connectivity index is 5.45. The summed E-state index contributed by atoms with van der Waals surface area (Å²) in [6.45, 7) is 18.1. The molecule has 22 heavy (non-hydrogen) atoms. The average molecular weight is 313 g/mol. The molecule has 0 rings (SSSR count). The number of esters is 1. The van der Waals surface area contributed by atoms with Crippen LogP contribution in [-0.4, -0.2) is 12.6 Å². The highest BCUT2D eigenvalue weighted by atomic mass is 16.5. The molecule has 0 fully saturated rings. The summed E-state index contributed by atoms with van der Waals surface area (Å²) in [7, 11) is 0. The van der Waals surface area contributed by atoms with Crippen molar-refractivity contribution in [2.45, 2.75) is 87.5 Å². The highest BCUT2D eigenvalue weighted by molar-refractivity contribution is 5.77. The molecular weight excluding hydrogens is 272 g/mol. The Morgan fingerprint density at radius 2 is 1.55 bits per heavy atom. The summed E-state index contributed by atoms with van der Waals surface area (Å²) in [5.41, 5.74) is -0.302. The second-order valence-corrected chi connectivity index (χ2v) is 8.22. The number of hydrogen-bond donors (Lipinski definition) is 0. The van der Waals surface area contributed by atoms with Crippen LogP contribution in [0.4, 0.5) is 0 Å². The number of rotatable bonds is 11. The summed E-state index contributed by atoms with van der Waals surface area (Å²) in [6, 6.07) is 0. The first kappa shape index (κ1) is 21.5. The summed E-state index contributed by atoms with van der Waals surface area (Å²) in [4.78, 5) is 13.0. The predicted octanol–water partition coefficient (Wildman–Crippen LogP) is 6.09. The van der Waals surface area contributed by atoms with E-state index in [1.165, 1.54) is 0 Å². The van der Waals surface area contributed by atoms with Crippen LogP contribution >= 0.6 is 0 Å². The third kappa shape index (κ3) is 6.71. The van der Waals surface area contributed by atoms with Gasteiger partial charge in [-0.3, -0.25) is 4.79 Å². The number of hydrogen-bond acceptors (Lipinski definition) is 2. The van der Waals surface area contributed by atoms with E-state index in [1.54, 1.807) is 0 Å². The zero-order chi connectivity index (χ0) is 17.3. The van der Waals surface area contributed by atoms with Crippen LogP contribution in [0.25, 0.3) is 0 Å². The van der Waals surface area contributed by atoms with Gasteiger partial charge in [-0.15, -0.1) is 0 Å². The molecule has 0 amide bonds. The van der Waals surface area contributed by atoms with Crippen molar-refractivity contribution in [1.82, 2.24) is 0 Å². The minimum atomic E-state index is -0.302. The lowest BCUT2D eigenvalue weighted by atomic mass is 9.64. The number of carbonyl (C=O) groups excluding carboxylic acids is 1. The molecule has 0 aromatic rings. The second-order valence-electron chi connectivity index (χ2n) is 8.22. The van der Waals surface area contributed by atoms with Gasteiger partial charge in [-0.1, -0.05) is 61.8 Å². The molecule has 0 bridgehead atoms. The molecule has 0 N–H and O–H groups in total. The topological polar surface area (TPSA) is 26.3 Å². The molecule has 2 unspecified atom stereocenters. The number of carbonyl (C=O) groups is 1. The fourth-order valence-corrected chi connectivity index (χ4v) is 3.65. The van der Waals surface area contributed by atoms with E-state index in [0.29, 0.717) is 30.3 Å². The molecule has 2 atom stereocenters. The molecule has 0 saturated carbocycles. The zero-order valence-corrected chi connectivity index (χ0v) is 16.4. The van der Waals surface area contributed by atoms with Crippen molar-refractivity contribution in [3.63, 3.8) is 0 Å². The number of ether oxygens (including phenoxy) is 1. The SMILES string of the molecule is CCCC(CC(C)C)C(CC)(CC(C)C)C(=O)OCC(C)C. The van der Waals surface area contributed by atoms with Crippen molar-refractivity contribution in [1.29, 1.82) is 0 Å². The molecule has 132 valence electrons. The summed E-state index contributed by atoms with van der Waals surface area (Å²) in [6.07, 6.45) is 5.20. The highest BCUT2D eigenvalue weighted by Gasteiger charge is 2.45. The highest BCUT2D eigenvalue weighted by Crippen LogP contribution is 2.45. The molecule has 0 saturated heterocycles. The first-order valence-corrected chi connectivity index (χ1v) is 9.36. The monoisotopic (exact) mass is 312 g/mol. The van der Waals surface area contributed by atoms with Crippen LogP contribution in [0.3, 0.4) is 0 Å². The Kier molecular flexibility index (Phi) is 10.0. The first-order valence-electron chi connectivity index (χ1n) is 9.36. The van der Waals surface area contributed by atoms with Crippen LogP contribution in [0.2, 0.25) is 0 Å². The minimum Gasteiger partial charge on any atom is -0.465 e. The first-order chi connectivity index (χ1) is 10.2. The van der Waals surface area contributed by atoms with Crippen molar-refractivity contribution < 1.29 is 9.53 Å². The summed E-state index contributed by atoms with van der Waals surface area (Å²) < 4.78 is 5.73. The molecule has 0 aliphatic heterocycles. The van der Waals surface area contributed by atoms with Gasteiger partial charge in [0.25, 0.3) is 0 Å². The molecule has 0 aliphatic rings. The maximum atomic E-state index is 13.0. The van der Waals surface area contributed by atoms with Crippen LogP contribution in [0.15, 0.2) is 0 Å². The molecular formula is C20H40O2. The molecule has 0 heterocycles. The molecule has 0 aromatic carbocycles. The van der Waals surface area contributed by atoms with Crippen LogP contribution < -0.4 is 0 Å². The van der Waals surface area contributed by atoms with Gasteiger partial charge in [0.2, 0.25) is 0 Å². The van der Waals surface area contributed by atoms with Crippen LogP contribution in [0.1, 0.15) is 87.5 Å². The third-order valence-corrected chi connectivity index (χ3v) is 4.53. The van der Waals surface area contributed by atoms with Gasteiger partial charge in [-0.05, 0) is 49.4 Å². The van der Waals surface area contributed by atoms with E-state index in [4.69, 9.17) is 4.74 Å². The van der Waals surface area contributed by atoms with Crippen molar-refractivity contribution in [2.24, 2.45) is 29.1 Å².